The highest BCUT2D eigenvalue weighted by molar-refractivity contribution is 6.44. The predicted octanol–water partition coefficient (Wildman–Crippen LogP) is 19.3. The van der Waals surface area contributed by atoms with Crippen LogP contribution in [0.15, 0.2) is 277 Å². The average Bonchev–Trinajstić information content (AvgIpc) is 1.63. The minimum absolute atomic E-state index is 0.0162. The summed E-state index contributed by atoms with van der Waals surface area (Å²) in [6.07, 6.45) is 6.21. The molecule has 11 aromatic carbocycles. The number of hydrogen-bond donors (Lipinski definition) is 4. The van der Waals surface area contributed by atoms with Crippen LogP contribution in [0.2, 0.25) is 30.1 Å². The molecule has 21 rings (SSSR count). The zero-order valence-corrected chi connectivity index (χ0v) is 74.0. The van der Waals surface area contributed by atoms with Crippen molar-refractivity contribution in [1.82, 2.24) is 60.5 Å². The molecular formula is C99H68Cl6N12O15. The van der Waals surface area contributed by atoms with E-state index in [1.807, 2.05) is 153 Å². The Morgan fingerprint density at radius 3 is 1.12 bits per heavy atom. The van der Waals surface area contributed by atoms with Crippen molar-refractivity contribution in [2.24, 2.45) is 7.05 Å². The van der Waals surface area contributed by atoms with Crippen LogP contribution >= 0.6 is 69.6 Å². The van der Waals surface area contributed by atoms with Crippen LogP contribution in [0.25, 0.3) is 120 Å². The Bertz CT molecular complexity index is 8350. The van der Waals surface area contributed by atoms with Crippen molar-refractivity contribution in [2.45, 2.75) is 71.1 Å². The standard InChI is InChI=1S/C24H18N2O3.C20H14Cl2N2O3.C19H12Cl2N2O3.C18H11Cl2N3O3.C18H13N3O3/c1-26-24(28)19-8-3-2-6-17(19)21(25-26)14-16(27)12-15-10-11-23-20(13-15)18-7-4-5-9-22(18)29-23;1-10-4-12-5-11(2-3-19(12)27-10)6-13(25)7-18-14-8-16(21)17(22)9-15(14)20(26)24-23-18;20-15-8-13-14(9-16(15)21)19(25)23-22-17(13)7-12(24)6-10-1-2-18-11(5-10)3-4-26-18;19-13-6-11-12(7-14(13)20)18(25)23-22-15(11)5-10(24)3-9-1-2-17-16(4-9)21-8-26-17;22-12(7-11-5-6-17-16(8-11)19-10-24-17)9-15-13-3-1-2-4-14(13)18(23)21-20-15/h2-11,13H,12,14H2,1H3;2-5,8-9H,6-7H2,1H3,(H,24,26);1-5,8-9H,6-7H2,(H,23,25);1-2,4,6-8H,3,5H2,(H,23,25);1-6,8,10H,7,9H2,(H,21,23). The summed E-state index contributed by atoms with van der Waals surface area (Å²) in [7, 11) is 1.61. The number of ketones is 5. The lowest BCUT2D eigenvalue weighted by atomic mass is 10.0. The number of rotatable bonds is 20. The van der Waals surface area contributed by atoms with Gasteiger partial charge in [0.2, 0.25) is 0 Å². The van der Waals surface area contributed by atoms with Gasteiger partial charge in [0, 0.05) is 87.6 Å². The first-order valence-electron chi connectivity index (χ1n) is 40.8. The van der Waals surface area contributed by atoms with Crippen LogP contribution in [-0.4, -0.2) is 89.5 Å². The zero-order chi connectivity index (χ0) is 92.1. The van der Waals surface area contributed by atoms with Crippen molar-refractivity contribution in [2.75, 3.05) is 0 Å². The Morgan fingerprint density at radius 1 is 0.303 bits per heavy atom. The van der Waals surface area contributed by atoms with E-state index in [1.165, 1.54) is 35.7 Å². The number of fused-ring (bicyclic) bond motifs is 12. The lowest BCUT2D eigenvalue weighted by Crippen LogP contribution is -2.22. The van der Waals surface area contributed by atoms with Gasteiger partial charge in [-0.05, 0) is 162 Å². The van der Waals surface area contributed by atoms with E-state index in [0.29, 0.717) is 115 Å². The Kier molecular flexibility index (Phi) is 26.1. The quantitative estimate of drug-likeness (QED) is 0.0550. The number of nitrogens with one attached hydrogen (secondary N) is 4. The lowest BCUT2D eigenvalue weighted by molar-refractivity contribution is -0.118. The van der Waals surface area contributed by atoms with Crippen molar-refractivity contribution in [1.29, 1.82) is 0 Å². The zero-order valence-electron chi connectivity index (χ0n) is 69.5. The minimum atomic E-state index is -0.383. The number of hydrogen-bond acceptors (Lipinski definition) is 22. The van der Waals surface area contributed by atoms with Crippen molar-refractivity contribution in [3.05, 3.63) is 375 Å². The summed E-state index contributed by atoms with van der Waals surface area (Å²) >= 11 is 36.1. The molecule has 10 aromatic heterocycles. The predicted molar refractivity (Wildman–Crippen MR) is 507 cm³/mol. The second-order valence-electron chi connectivity index (χ2n) is 31.1. The maximum atomic E-state index is 12.8. The molecule has 0 amide bonds. The van der Waals surface area contributed by atoms with Gasteiger partial charge in [-0.1, -0.05) is 155 Å². The number of halogens is 6. The van der Waals surface area contributed by atoms with Crippen LogP contribution in [-0.2, 0) is 95.2 Å². The third-order valence-corrected chi connectivity index (χ3v) is 24.0. The molecule has 0 spiro atoms. The van der Waals surface area contributed by atoms with Crippen LogP contribution in [0, 0.1) is 6.92 Å². The fourth-order valence-corrected chi connectivity index (χ4v) is 16.6. The number of carbonyl (C=O) groups is 5. The Balaban J connectivity index is 0.000000115. The van der Waals surface area contributed by atoms with Crippen LogP contribution in [0.5, 0.6) is 0 Å². The number of benzene rings is 11. The molecule has 0 atom stereocenters. The largest absolute Gasteiger partial charge is 0.464 e. The molecule has 0 aliphatic carbocycles. The number of oxazole rings is 2. The van der Waals surface area contributed by atoms with Gasteiger partial charge in [0.25, 0.3) is 27.8 Å². The number of furan rings is 3. The molecule has 0 unspecified atom stereocenters. The van der Waals surface area contributed by atoms with Crippen LogP contribution in [0.1, 0.15) is 62.0 Å². The monoisotopic (exact) mass is 1870 g/mol. The summed E-state index contributed by atoms with van der Waals surface area (Å²) < 4.78 is 28.4. The van der Waals surface area contributed by atoms with E-state index in [9.17, 15) is 47.9 Å². The molecule has 0 saturated heterocycles. The van der Waals surface area contributed by atoms with Crippen molar-refractivity contribution in [3.63, 3.8) is 0 Å². The molecule has 656 valence electrons. The third-order valence-electron chi connectivity index (χ3n) is 21.8. The molecule has 0 aliphatic heterocycles. The van der Waals surface area contributed by atoms with Crippen molar-refractivity contribution in [3.8, 4) is 0 Å². The minimum Gasteiger partial charge on any atom is -0.464 e. The van der Waals surface area contributed by atoms with E-state index < -0.39 is 0 Å². The molecule has 0 aliphatic rings. The molecule has 27 nitrogen and oxygen atoms in total. The molecule has 0 saturated carbocycles. The van der Waals surface area contributed by atoms with Gasteiger partial charge in [-0.25, -0.2) is 35.0 Å². The van der Waals surface area contributed by atoms with E-state index in [0.717, 1.165) is 88.4 Å². The summed E-state index contributed by atoms with van der Waals surface area (Å²) in [5.41, 5.74) is 11.5. The molecule has 0 bridgehead atoms. The first-order valence-corrected chi connectivity index (χ1v) is 43.1. The van der Waals surface area contributed by atoms with Gasteiger partial charge in [-0.3, -0.25) is 47.9 Å². The van der Waals surface area contributed by atoms with Crippen molar-refractivity contribution >= 4 is 218 Å². The maximum absolute atomic E-state index is 12.8. The summed E-state index contributed by atoms with van der Waals surface area (Å²) in [6, 6.07) is 63.3. The highest BCUT2D eigenvalue weighted by Crippen LogP contribution is 2.34. The molecule has 4 N–H and O–H groups in total. The van der Waals surface area contributed by atoms with Gasteiger partial charge < -0.3 is 22.1 Å². The van der Waals surface area contributed by atoms with Gasteiger partial charge in [-0.2, -0.15) is 25.5 Å². The summed E-state index contributed by atoms with van der Waals surface area (Å²) in [5.74, 6) is 0.782. The van der Waals surface area contributed by atoms with Gasteiger partial charge >= 0.3 is 0 Å². The number of carbonyl (C=O) groups excluding carboxylic acids is 5. The van der Waals surface area contributed by atoms with Gasteiger partial charge in [-0.15, -0.1) is 0 Å². The fraction of sp³-hybridized carbons (Fsp3) is 0.121. The Labute approximate surface area is 773 Å². The van der Waals surface area contributed by atoms with E-state index in [4.69, 9.17) is 91.7 Å². The Hall–Kier alpha value is -15.0. The SMILES string of the molecule is Cc1cc2cc(CC(=O)Cc3n[nH]c(=O)c4cc(Cl)c(Cl)cc34)ccc2o1.Cn1nc(CC(=O)Cc2ccc3oc4ccccc4c3c2)c2ccccc2c1=O.O=C(Cc1ccc2occc2c1)Cc1n[nH]c(=O)c2cc(Cl)c(Cl)cc12.O=C(Cc1ccc2ocnc2c1)Cc1n[nH]c(=O)c2cc(Cl)c(Cl)cc12.O=C(Cc1ccc2ocnc2c1)Cc1n[nH]c(=O)c2ccccc12. The summed E-state index contributed by atoms with van der Waals surface area (Å²) in [6.45, 7) is 1.88. The second kappa shape index (κ2) is 38.8. The van der Waals surface area contributed by atoms with Crippen molar-refractivity contribution < 1.29 is 46.1 Å². The number of aromatic nitrogens is 12. The molecule has 33 heteroatoms. The van der Waals surface area contributed by atoms with Crippen LogP contribution in [0.4, 0.5) is 0 Å². The third kappa shape index (κ3) is 20.1. The second-order valence-corrected chi connectivity index (χ2v) is 33.6. The molecule has 132 heavy (non-hydrogen) atoms. The number of Topliss-reactive ketones (excluding diaryl/α,β-unsaturated/α-hetero) is 5. The number of aromatic amines is 4. The fourth-order valence-electron chi connectivity index (χ4n) is 15.6. The van der Waals surface area contributed by atoms with Crippen LogP contribution in [0.3, 0.4) is 0 Å². The number of para-hydroxylation sites is 1. The van der Waals surface area contributed by atoms with E-state index >= 15 is 0 Å². The van der Waals surface area contributed by atoms with E-state index in [2.05, 4.69) is 55.9 Å². The van der Waals surface area contributed by atoms with Gasteiger partial charge in [0.05, 0.1) is 124 Å². The van der Waals surface area contributed by atoms with E-state index in [1.54, 1.807) is 61.8 Å². The molecule has 0 fully saturated rings. The topological polar surface area (TPSA) is 395 Å². The molecule has 0 radical (unpaired) electrons. The Morgan fingerprint density at radius 2 is 0.652 bits per heavy atom. The van der Waals surface area contributed by atoms with Gasteiger partial charge in [0.1, 0.15) is 68.0 Å². The highest BCUT2D eigenvalue weighted by atomic mass is 35.5. The molecule has 21 aromatic rings. The summed E-state index contributed by atoms with van der Waals surface area (Å²) in [5, 5.41) is 41.1. The average molecular weight is 1880 g/mol. The smallest absolute Gasteiger partial charge is 0.274 e. The highest BCUT2D eigenvalue weighted by Gasteiger charge is 2.22. The normalized spacial score (nSPS) is 11.3. The van der Waals surface area contributed by atoms with Gasteiger partial charge in [0.15, 0.2) is 24.0 Å². The number of nitrogens with zero attached hydrogens (tertiary/aromatic N) is 8. The molecule has 10 heterocycles. The number of H-pyrrole nitrogens is 4. The first kappa shape index (κ1) is 89.0. The molecular weight excluding hydrogens is 1810 g/mol. The first-order chi connectivity index (χ1) is 63.7. The van der Waals surface area contributed by atoms with Crippen LogP contribution < -0.4 is 27.8 Å². The maximum Gasteiger partial charge on any atom is 0.274 e. The lowest BCUT2D eigenvalue weighted by Gasteiger charge is -2.08. The summed E-state index contributed by atoms with van der Waals surface area (Å²) in [4.78, 5) is 131. The van der Waals surface area contributed by atoms with E-state index in [-0.39, 0.29) is 130 Å². The number of aryl methyl sites for hydroxylation is 2.